The number of nitrogens with two attached hydrogens (primary N) is 1. The standard InChI is InChI=1S/C11H15NO3S/c1-2-15-11(14)8-3-4-10(9(12)7-8)16-6-5-13/h3-4,7,13H,2,5-6,12H2,1H3. The van der Waals surface area contributed by atoms with Crippen LogP contribution in [0.5, 0.6) is 0 Å². The maximum Gasteiger partial charge on any atom is 0.338 e. The van der Waals surface area contributed by atoms with Gasteiger partial charge >= 0.3 is 5.97 Å². The number of esters is 1. The van der Waals surface area contributed by atoms with E-state index in [0.29, 0.717) is 23.6 Å². The van der Waals surface area contributed by atoms with Crippen LogP contribution in [0, 0.1) is 0 Å². The van der Waals surface area contributed by atoms with Gasteiger partial charge in [0, 0.05) is 16.3 Å². The second-order valence-corrected chi connectivity index (χ2v) is 4.18. The van der Waals surface area contributed by atoms with Gasteiger partial charge in [0.15, 0.2) is 0 Å². The van der Waals surface area contributed by atoms with Gasteiger partial charge in [0.05, 0.1) is 18.8 Å². The largest absolute Gasteiger partial charge is 0.462 e. The van der Waals surface area contributed by atoms with Gasteiger partial charge in [0.1, 0.15) is 0 Å². The molecule has 0 amide bonds. The lowest BCUT2D eigenvalue weighted by molar-refractivity contribution is 0.0526. The van der Waals surface area contributed by atoms with Crippen molar-refractivity contribution in [3.8, 4) is 0 Å². The fourth-order valence-corrected chi connectivity index (χ4v) is 1.88. The third-order valence-corrected chi connectivity index (χ3v) is 2.94. The van der Waals surface area contributed by atoms with Gasteiger partial charge in [0.25, 0.3) is 0 Å². The maximum absolute atomic E-state index is 11.4. The predicted octanol–water partition coefficient (Wildman–Crippen LogP) is 1.53. The Bertz CT molecular complexity index is 368. The number of carbonyl (C=O) groups is 1. The third-order valence-electron chi connectivity index (χ3n) is 1.87. The number of aliphatic hydroxyl groups is 1. The van der Waals surface area contributed by atoms with E-state index >= 15 is 0 Å². The first kappa shape index (κ1) is 12.9. The van der Waals surface area contributed by atoms with E-state index in [4.69, 9.17) is 15.6 Å². The zero-order valence-corrected chi connectivity index (χ0v) is 9.92. The zero-order chi connectivity index (χ0) is 12.0. The molecule has 0 aliphatic rings. The quantitative estimate of drug-likeness (QED) is 0.464. The molecular formula is C11H15NO3S. The summed E-state index contributed by atoms with van der Waals surface area (Å²) in [5.41, 5.74) is 6.77. The highest BCUT2D eigenvalue weighted by atomic mass is 32.2. The van der Waals surface area contributed by atoms with Crippen molar-refractivity contribution in [3.63, 3.8) is 0 Å². The summed E-state index contributed by atoms with van der Waals surface area (Å²) in [6.45, 7) is 2.20. The fourth-order valence-electron chi connectivity index (χ4n) is 1.18. The molecule has 1 aromatic rings. The Morgan fingerprint density at radius 3 is 2.88 bits per heavy atom. The Hall–Kier alpha value is -1.20. The van der Waals surface area contributed by atoms with E-state index in [0.717, 1.165) is 4.90 Å². The highest BCUT2D eigenvalue weighted by Crippen LogP contribution is 2.25. The molecule has 3 N–H and O–H groups in total. The van der Waals surface area contributed by atoms with Gasteiger partial charge in [-0.3, -0.25) is 0 Å². The van der Waals surface area contributed by atoms with Crippen LogP contribution in [0.4, 0.5) is 5.69 Å². The minimum atomic E-state index is -0.368. The van der Waals surface area contributed by atoms with Crippen LogP contribution in [0.3, 0.4) is 0 Å². The summed E-state index contributed by atoms with van der Waals surface area (Å²) < 4.78 is 4.86. The Morgan fingerprint density at radius 2 is 2.31 bits per heavy atom. The fraction of sp³-hybridized carbons (Fsp3) is 0.364. The molecule has 16 heavy (non-hydrogen) atoms. The molecule has 0 aliphatic heterocycles. The molecular weight excluding hydrogens is 226 g/mol. The van der Waals surface area contributed by atoms with Gasteiger partial charge in [-0.2, -0.15) is 0 Å². The predicted molar refractivity (Wildman–Crippen MR) is 64.6 cm³/mol. The van der Waals surface area contributed by atoms with Crippen molar-refractivity contribution in [1.29, 1.82) is 0 Å². The molecule has 0 atom stereocenters. The van der Waals surface area contributed by atoms with Crippen molar-refractivity contribution >= 4 is 23.4 Å². The lowest BCUT2D eigenvalue weighted by Crippen LogP contribution is -2.05. The number of benzene rings is 1. The summed E-state index contributed by atoms with van der Waals surface area (Å²) in [6.07, 6.45) is 0. The van der Waals surface area contributed by atoms with Gasteiger partial charge < -0.3 is 15.6 Å². The van der Waals surface area contributed by atoms with E-state index < -0.39 is 0 Å². The molecule has 0 bridgehead atoms. The third kappa shape index (κ3) is 3.43. The second-order valence-electron chi connectivity index (χ2n) is 3.05. The first-order valence-corrected chi connectivity index (χ1v) is 5.98. The van der Waals surface area contributed by atoms with E-state index in [2.05, 4.69) is 0 Å². The number of aliphatic hydroxyl groups excluding tert-OH is 1. The van der Waals surface area contributed by atoms with Crippen molar-refractivity contribution in [1.82, 2.24) is 0 Å². The highest BCUT2D eigenvalue weighted by molar-refractivity contribution is 7.99. The minimum absolute atomic E-state index is 0.101. The molecule has 5 heteroatoms. The van der Waals surface area contributed by atoms with Crippen LogP contribution in [0.25, 0.3) is 0 Å². The Labute approximate surface area is 98.8 Å². The lowest BCUT2D eigenvalue weighted by Gasteiger charge is -2.07. The summed E-state index contributed by atoms with van der Waals surface area (Å²) >= 11 is 1.45. The molecule has 0 fully saturated rings. The minimum Gasteiger partial charge on any atom is -0.462 e. The van der Waals surface area contributed by atoms with Gasteiger partial charge in [-0.1, -0.05) is 0 Å². The van der Waals surface area contributed by atoms with Crippen molar-refractivity contribution in [2.24, 2.45) is 0 Å². The summed E-state index contributed by atoms with van der Waals surface area (Å²) in [5.74, 6) is 0.219. The topological polar surface area (TPSA) is 72.5 Å². The molecule has 4 nitrogen and oxygen atoms in total. The van der Waals surface area contributed by atoms with Crippen LogP contribution >= 0.6 is 11.8 Å². The number of hydrogen-bond donors (Lipinski definition) is 2. The SMILES string of the molecule is CCOC(=O)c1ccc(SCCO)c(N)c1. The summed E-state index contributed by atoms with van der Waals surface area (Å²) in [7, 11) is 0. The van der Waals surface area contributed by atoms with Crippen LogP contribution in [0.2, 0.25) is 0 Å². The summed E-state index contributed by atoms with van der Waals surface area (Å²) in [5, 5.41) is 8.70. The average Bonchev–Trinajstić information content (AvgIpc) is 2.27. The van der Waals surface area contributed by atoms with Crippen molar-refractivity contribution in [2.75, 3.05) is 24.7 Å². The Kier molecular flexibility index (Phi) is 5.14. The van der Waals surface area contributed by atoms with Crippen molar-refractivity contribution in [2.45, 2.75) is 11.8 Å². The number of hydrogen-bond acceptors (Lipinski definition) is 5. The maximum atomic E-state index is 11.4. The van der Waals surface area contributed by atoms with Crippen molar-refractivity contribution < 1.29 is 14.6 Å². The first-order valence-electron chi connectivity index (χ1n) is 4.99. The van der Waals surface area contributed by atoms with Crippen LogP contribution in [0.15, 0.2) is 23.1 Å². The molecule has 0 aliphatic carbocycles. The molecule has 1 aromatic carbocycles. The van der Waals surface area contributed by atoms with E-state index in [1.54, 1.807) is 25.1 Å². The Balaban J connectivity index is 2.78. The van der Waals surface area contributed by atoms with Crippen molar-refractivity contribution in [3.05, 3.63) is 23.8 Å². The van der Waals surface area contributed by atoms with E-state index in [1.807, 2.05) is 0 Å². The molecule has 88 valence electrons. The molecule has 0 aromatic heterocycles. The number of ether oxygens (including phenoxy) is 1. The van der Waals surface area contributed by atoms with Gasteiger partial charge in [-0.05, 0) is 25.1 Å². The molecule has 0 spiro atoms. The number of rotatable bonds is 5. The number of anilines is 1. The molecule has 0 radical (unpaired) electrons. The smallest absolute Gasteiger partial charge is 0.338 e. The van der Waals surface area contributed by atoms with E-state index in [9.17, 15) is 4.79 Å². The average molecular weight is 241 g/mol. The number of nitrogen functional groups attached to an aromatic ring is 1. The van der Waals surface area contributed by atoms with Crippen LogP contribution in [0.1, 0.15) is 17.3 Å². The second kappa shape index (κ2) is 6.40. The molecule has 0 unspecified atom stereocenters. The summed E-state index contributed by atoms with van der Waals surface area (Å²) in [6, 6.07) is 5.04. The van der Waals surface area contributed by atoms with Gasteiger partial charge in [-0.25, -0.2) is 4.79 Å². The monoisotopic (exact) mass is 241 g/mol. The normalized spacial score (nSPS) is 10.1. The van der Waals surface area contributed by atoms with Crippen LogP contribution < -0.4 is 5.73 Å². The summed E-state index contributed by atoms with van der Waals surface area (Å²) in [4.78, 5) is 12.3. The zero-order valence-electron chi connectivity index (χ0n) is 9.10. The molecule has 0 saturated heterocycles. The molecule has 1 rings (SSSR count). The molecule has 0 saturated carbocycles. The number of carbonyl (C=O) groups excluding carboxylic acids is 1. The number of thioether (sulfide) groups is 1. The van der Waals surface area contributed by atoms with Crippen LogP contribution in [-0.4, -0.2) is 30.0 Å². The lowest BCUT2D eigenvalue weighted by atomic mass is 10.2. The van der Waals surface area contributed by atoms with E-state index in [1.165, 1.54) is 11.8 Å². The first-order chi connectivity index (χ1) is 7.69. The van der Waals surface area contributed by atoms with Gasteiger partial charge in [-0.15, -0.1) is 11.8 Å². The van der Waals surface area contributed by atoms with Gasteiger partial charge in [0.2, 0.25) is 0 Å². The highest BCUT2D eigenvalue weighted by Gasteiger charge is 2.08. The van der Waals surface area contributed by atoms with Crippen LogP contribution in [-0.2, 0) is 4.74 Å². The van der Waals surface area contributed by atoms with E-state index in [-0.39, 0.29) is 12.6 Å². The Morgan fingerprint density at radius 1 is 1.56 bits per heavy atom. The molecule has 0 heterocycles.